The van der Waals surface area contributed by atoms with Gasteiger partial charge in [0.1, 0.15) is 0 Å². The molecule has 0 radical (unpaired) electrons. The summed E-state index contributed by atoms with van der Waals surface area (Å²) in [5.41, 5.74) is 0. The van der Waals surface area contributed by atoms with Crippen LogP contribution in [0.2, 0.25) is 0 Å². The van der Waals surface area contributed by atoms with Crippen LogP contribution >= 0.6 is 0 Å². The number of amides is 2. The zero-order valence-electron chi connectivity index (χ0n) is 10.8. The lowest BCUT2D eigenvalue weighted by molar-refractivity contribution is 0.173. The Morgan fingerprint density at radius 1 is 1.38 bits per heavy atom. The fourth-order valence-electron chi connectivity index (χ4n) is 2.24. The SMILES string of the molecule is CCN1CCCC(NC(=O)N(CC)CC)C1. The Morgan fingerprint density at radius 2 is 2.06 bits per heavy atom. The van der Waals surface area contributed by atoms with Gasteiger partial charge in [0.05, 0.1) is 0 Å². The van der Waals surface area contributed by atoms with E-state index in [9.17, 15) is 4.79 Å². The summed E-state index contributed by atoms with van der Waals surface area (Å²) in [6.07, 6.45) is 2.31. The van der Waals surface area contributed by atoms with Crippen LogP contribution in [0.1, 0.15) is 33.6 Å². The number of piperidine rings is 1. The van der Waals surface area contributed by atoms with E-state index in [1.54, 1.807) is 0 Å². The Balaban J connectivity index is 2.38. The van der Waals surface area contributed by atoms with Crippen LogP contribution in [0.15, 0.2) is 0 Å². The first-order chi connectivity index (χ1) is 7.71. The zero-order chi connectivity index (χ0) is 12.0. The number of carbonyl (C=O) groups is 1. The van der Waals surface area contributed by atoms with E-state index in [2.05, 4.69) is 17.1 Å². The van der Waals surface area contributed by atoms with Crippen LogP contribution in [0.5, 0.6) is 0 Å². The molecule has 0 aromatic heterocycles. The second kappa shape index (κ2) is 6.74. The Morgan fingerprint density at radius 3 is 2.62 bits per heavy atom. The highest BCUT2D eigenvalue weighted by Crippen LogP contribution is 2.09. The fourth-order valence-corrected chi connectivity index (χ4v) is 2.24. The minimum atomic E-state index is 0.0907. The Labute approximate surface area is 99.0 Å². The maximum atomic E-state index is 11.9. The molecule has 1 saturated heterocycles. The van der Waals surface area contributed by atoms with Gasteiger partial charge in [0.25, 0.3) is 0 Å². The number of likely N-dealkylation sites (tertiary alicyclic amines) is 1. The van der Waals surface area contributed by atoms with E-state index in [0.29, 0.717) is 6.04 Å². The van der Waals surface area contributed by atoms with Gasteiger partial charge in [0.2, 0.25) is 0 Å². The molecule has 1 heterocycles. The van der Waals surface area contributed by atoms with Crippen molar-refractivity contribution in [1.82, 2.24) is 15.1 Å². The van der Waals surface area contributed by atoms with E-state index in [4.69, 9.17) is 0 Å². The summed E-state index contributed by atoms with van der Waals surface area (Å²) in [4.78, 5) is 16.1. The van der Waals surface area contributed by atoms with Gasteiger partial charge in [-0.05, 0) is 39.8 Å². The van der Waals surface area contributed by atoms with Crippen molar-refractivity contribution in [1.29, 1.82) is 0 Å². The van der Waals surface area contributed by atoms with Crippen LogP contribution in [0, 0.1) is 0 Å². The van der Waals surface area contributed by atoms with E-state index in [1.807, 2.05) is 18.7 Å². The third-order valence-electron chi connectivity index (χ3n) is 3.33. The lowest BCUT2D eigenvalue weighted by atomic mass is 10.1. The van der Waals surface area contributed by atoms with E-state index in [1.165, 1.54) is 13.0 Å². The molecule has 4 heteroatoms. The zero-order valence-corrected chi connectivity index (χ0v) is 10.8. The smallest absolute Gasteiger partial charge is 0.317 e. The molecule has 1 rings (SSSR count). The first kappa shape index (κ1) is 13.3. The van der Waals surface area contributed by atoms with Crippen molar-refractivity contribution >= 4 is 6.03 Å². The van der Waals surface area contributed by atoms with E-state index in [0.717, 1.165) is 32.6 Å². The fraction of sp³-hybridized carbons (Fsp3) is 0.917. The van der Waals surface area contributed by atoms with Crippen LogP contribution in [0.3, 0.4) is 0 Å². The third kappa shape index (κ3) is 3.67. The number of rotatable bonds is 4. The largest absolute Gasteiger partial charge is 0.334 e. The molecule has 16 heavy (non-hydrogen) atoms. The van der Waals surface area contributed by atoms with E-state index >= 15 is 0 Å². The number of carbonyl (C=O) groups excluding carboxylic acids is 1. The van der Waals surface area contributed by atoms with Crippen LogP contribution in [-0.2, 0) is 0 Å². The number of urea groups is 1. The lowest BCUT2D eigenvalue weighted by Gasteiger charge is -2.33. The van der Waals surface area contributed by atoms with Crippen molar-refractivity contribution in [3.63, 3.8) is 0 Å². The molecular weight excluding hydrogens is 202 g/mol. The van der Waals surface area contributed by atoms with E-state index < -0.39 is 0 Å². The van der Waals surface area contributed by atoms with Gasteiger partial charge in [-0.1, -0.05) is 6.92 Å². The molecule has 94 valence electrons. The number of hydrogen-bond donors (Lipinski definition) is 1. The minimum Gasteiger partial charge on any atom is -0.334 e. The van der Waals surface area contributed by atoms with Crippen LogP contribution < -0.4 is 5.32 Å². The molecular formula is C12H25N3O. The summed E-state index contributed by atoms with van der Waals surface area (Å²) in [5, 5.41) is 3.13. The maximum Gasteiger partial charge on any atom is 0.317 e. The Hall–Kier alpha value is -0.770. The molecule has 1 unspecified atom stereocenters. The van der Waals surface area contributed by atoms with Gasteiger partial charge in [-0.25, -0.2) is 4.79 Å². The minimum absolute atomic E-state index is 0.0907. The average molecular weight is 227 g/mol. The number of nitrogens with one attached hydrogen (secondary N) is 1. The van der Waals surface area contributed by atoms with Gasteiger partial charge >= 0.3 is 6.03 Å². The predicted octanol–water partition coefficient (Wildman–Crippen LogP) is 1.52. The van der Waals surface area contributed by atoms with Crippen molar-refractivity contribution in [2.24, 2.45) is 0 Å². The summed E-state index contributed by atoms with van der Waals surface area (Å²) >= 11 is 0. The average Bonchev–Trinajstić information content (AvgIpc) is 2.31. The van der Waals surface area contributed by atoms with Crippen molar-refractivity contribution in [3.05, 3.63) is 0 Å². The molecule has 0 saturated carbocycles. The number of nitrogens with zero attached hydrogens (tertiary/aromatic N) is 2. The van der Waals surface area contributed by atoms with Gasteiger partial charge in [-0.3, -0.25) is 0 Å². The normalized spacial score (nSPS) is 21.8. The molecule has 1 N–H and O–H groups in total. The Kier molecular flexibility index (Phi) is 5.60. The van der Waals surface area contributed by atoms with Crippen molar-refractivity contribution < 1.29 is 4.79 Å². The maximum absolute atomic E-state index is 11.9. The summed E-state index contributed by atoms with van der Waals surface area (Å²) in [5.74, 6) is 0. The monoisotopic (exact) mass is 227 g/mol. The van der Waals surface area contributed by atoms with Crippen LogP contribution in [0.25, 0.3) is 0 Å². The number of hydrogen-bond acceptors (Lipinski definition) is 2. The van der Waals surface area contributed by atoms with Crippen molar-refractivity contribution in [3.8, 4) is 0 Å². The Bertz CT molecular complexity index is 216. The lowest BCUT2D eigenvalue weighted by Crippen LogP contribution is -2.51. The molecule has 4 nitrogen and oxygen atoms in total. The van der Waals surface area contributed by atoms with Gasteiger partial charge in [-0.15, -0.1) is 0 Å². The van der Waals surface area contributed by atoms with Gasteiger partial charge < -0.3 is 15.1 Å². The van der Waals surface area contributed by atoms with Gasteiger partial charge in [-0.2, -0.15) is 0 Å². The summed E-state index contributed by atoms with van der Waals surface area (Å²) < 4.78 is 0. The molecule has 0 aromatic carbocycles. The van der Waals surface area contributed by atoms with Crippen molar-refractivity contribution in [2.75, 3.05) is 32.7 Å². The van der Waals surface area contributed by atoms with Crippen molar-refractivity contribution in [2.45, 2.75) is 39.7 Å². The molecule has 1 atom stereocenters. The van der Waals surface area contributed by atoms with Crippen LogP contribution in [-0.4, -0.2) is 54.6 Å². The molecule has 0 bridgehead atoms. The first-order valence-corrected chi connectivity index (χ1v) is 6.49. The topological polar surface area (TPSA) is 35.6 Å². The summed E-state index contributed by atoms with van der Waals surface area (Å²) in [6, 6.07) is 0.426. The summed E-state index contributed by atoms with van der Waals surface area (Å²) in [7, 11) is 0. The van der Waals surface area contributed by atoms with Crippen LogP contribution in [0.4, 0.5) is 4.79 Å². The summed E-state index contributed by atoms with van der Waals surface area (Å²) in [6.45, 7) is 11.0. The molecule has 0 spiro atoms. The molecule has 0 aliphatic carbocycles. The van der Waals surface area contributed by atoms with Gasteiger partial charge in [0, 0.05) is 25.7 Å². The standard InChI is InChI=1S/C12H25N3O/c1-4-14-9-7-8-11(10-14)13-12(16)15(5-2)6-3/h11H,4-10H2,1-3H3,(H,13,16). The first-order valence-electron chi connectivity index (χ1n) is 6.49. The highest BCUT2D eigenvalue weighted by Gasteiger charge is 2.21. The van der Waals surface area contributed by atoms with Gasteiger partial charge in [0.15, 0.2) is 0 Å². The highest BCUT2D eigenvalue weighted by molar-refractivity contribution is 5.74. The van der Waals surface area contributed by atoms with E-state index in [-0.39, 0.29) is 6.03 Å². The third-order valence-corrected chi connectivity index (χ3v) is 3.33. The second-order valence-corrected chi connectivity index (χ2v) is 4.35. The molecule has 1 aliphatic heterocycles. The predicted molar refractivity (Wildman–Crippen MR) is 66.6 cm³/mol. The molecule has 1 fully saturated rings. The number of likely N-dealkylation sites (N-methyl/N-ethyl adjacent to an activating group) is 1. The molecule has 2 amide bonds. The molecule has 0 aromatic rings. The molecule has 1 aliphatic rings. The second-order valence-electron chi connectivity index (χ2n) is 4.35. The quantitative estimate of drug-likeness (QED) is 0.790. The highest BCUT2D eigenvalue weighted by atomic mass is 16.2.